The van der Waals surface area contributed by atoms with Crippen molar-refractivity contribution in [1.29, 1.82) is 0 Å². The third-order valence-corrected chi connectivity index (χ3v) is 5.14. The molecular formula is C18H35NO. The number of ether oxygens (including phenoxy) is 1. The van der Waals surface area contributed by atoms with Crippen molar-refractivity contribution in [2.75, 3.05) is 13.1 Å². The molecule has 2 nitrogen and oxygen atoms in total. The van der Waals surface area contributed by atoms with Crippen molar-refractivity contribution in [3.05, 3.63) is 0 Å². The van der Waals surface area contributed by atoms with Gasteiger partial charge >= 0.3 is 0 Å². The van der Waals surface area contributed by atoms with Gasteiger partial charge in [0.25, 0.3) is 0 Å². The molecule has 2 fully saturated rings. The number of nitrogens with one attached hydrogen (secondary N) is 1. The molecule has 2 aliphatic rings. The third kappa shape index (κ3) is 5.04. The van der Waals surface area contributed by atoms with E-state index in [1.54, 1.807) is 0 Å². The fraction of sp³-hybridized carbons (Fsp3) is 1.00. The fourth-order valence-electron chi connectivity index (χ4n) is 4.13. The van der Waals surface area contributed by atoms with Gasteiger partial charge in [0, 0.05) is 6.54 Å². The summed E-state index contributed by atoms with van der Waals surface area (Å²) in [5.74, 6) is 0.831. The van der Waals surface area contributed by atoms with E-state index < -0.39 is 0 Å². The van der Waals surface area contributed by atoms with Crippen LogP contribution < -0.4 is 5.32 Å². The van der Waals surface area contributed by atoms with Gasteiger partial charge in [-0.15, -0.1) is 0 Å². The van der Waals surface area contributed by atoms with Crippen LogP contribution in [0, 0.1) is 5.92 Å². The highest BCUT2D eigenvalue weighted by Crippen LogP contribution is 2.37. The van der Waals surface area contributed by atoms with Gasteiger partial charge in [-0.1, -0.05) is 52.4 Å². The molecule has 0 saturated heterocycles. The maximum atomic E-state index is 6.75. The van der Waals surface area contributed by atoms with E-state index in [0.717, 1.165) is 19.0 Å². The quantitative estimate of drug-likeness (QED) is 0.564. The van der Waals surface area contributed by atoms with E-state index in [1.807, 2.05) is 0 Å². The molecule has 0 radical (unpaired) electrons. The topological polar surface area (TPSA) is 21.3 Å². The second kappa shape index (κ2) is 8.38. The molecule has 2 unspecified atom stereocenters. The molecule has 0 aliphatic heterocycles. The van der Waals surface area contributed by atoms with E-state index in [2.05, 4.69) is 19.2 Å². The largest absolute Gasteiger partial charge is 0.370 e. The molecule has 0 amide bonds. The van der Waals surface area contributed by atoms with Gasteiger partial charge in [0.1, 0.15) is 0 Å². The van der Waals surface area contributed by atoms with Crippen molar-refractivity contribution in [3.8, 4) is 0 Å². The van der Waals surface area contributed by atoms with E-state index in [-0.39, 0.29) is 5.60 Å². The number of rotatable bonds is 6. The smallest absolute Gasteiger partial charge is 0.0812 e. The van der Waals surface area contributed by atoms with Crippen LogP contribution in [0.15, 0.2) is 0 Å². The third-order valence-electron chi connectivity index (χ3n) is 5.14. The van der Waals surface area contributed by atoms with Gasteiger partial charge in [0.2, 0.25) is 0 Å². The predicted molar refractivity (Wildman–Crippen MR) is 86.1 cm³/mol. The molecule has 0 spiro atoms. The Morgan fingerprint density at radius 3 is 2.45 bits per heavy atom. The minimum absolute atomic E-state index is 0.141. The van der Waals surface area contributed by atoms with Crippen LogP contribution in [-0.4, -0.2) is 24.8 Å². The lowest BCUT2D eigenvalue weighted by Gasteiger charge is -2.42. The summed E-state index contributed by atoms with van der Waals surface area (Å²) in [6.45, 7) is 6.85. The van der Waals surface area contributed by atoms with E-state index in [9.17, 15) is 0 Å². The summed E-state index contributed by atoms with van der Waals surface area (Å²) >= 11 is 0. The van der Waals surface area contributed by atoms with Gasteiger partial charge in [-0.05, 0) is 44.6 Å². The van der Waals surface area contributed by atoms with Gasteiger partial charge in [0.15, 0.2) is 0 Å². The first-order chi connectivity index (χ1) is 9.74. The summed E-state index contributed by atoms with van der Waals surface area (Å²) in [4.78, 5) is 0. The molecule has 2 atom stereocenters. The van der Waals surface area contributed by atoms with Gasteiger partial charge in [-0.2, -0.15) is 0 Å². The molecule has 2 saturated carbocycles. The molecule has 2 rings (SSSR count). The molecule has 118 valence electrons. The van der Waals surface area contributed by atoms with E-state index in [4.69, 9.17) is 4.74 Å². The standard InChI is InChI=1S/C18H35NO/c1-3-13-19-15-18(12-8-9-16(2)14-18)20-17-10-6-4-5-7-11-17/h16-17,19H,3-15H2,1-2H3. The van der Waals surface area contributed by atoms with Gasteiger partial charge in [0.05, 0.1) is 11.7 Å². The summed E-state index contributed by atoms with van der Waals surface area (Å²) < 4.78 is 6.75. The van der Waals surface area contributed by atoms with E-state index >= 15 is 0 Å². The molecular weight excluding hydrogens is 246 g/mol. The Bertz CT molecular complexity index is 260. The summed E-state index contributed by atoms with van der Waals surface area (Å²) in [7, 11) is 0. The van der Waals surface area contributed by atoms with E-state index in [1.165, 1.54) is 70.6 Å². The maximum Gasteiger partial charge on any atom is 0.0812 e. The van der Waals surface area contributed by atoms with Crippen molar-refractivity contribution in [2.45, 2.75) is 96.2 Å². The first kappa shape index (κ1) is 16.3. The van der Waals surface area contributed by atoms with Crippen molar-refractivity contribution in [1.82, 2.24) is 5.32 Å². The Labute approximate surface area is 126 Å². The van der Waals surface area contributed by atoms with Crippen LogP contribution in [0.25, 0.3) is 0 Å². The van der Waals surface area contributed by atoms with Gasteiger partial charge < -0.3 is 10.1 Å². The highest BCUT2D eigenvalue weighted by molar-refractivity contribution is 4.90. The van der Waals surface area contributed by atoms with Crippen molar-refractivity contribution < 1.29 is 4.74 Å². The Hall–Kier alpha value is -0.0800. The van der Waals surface area contributed by atoms with E-state index in [0.29, 0.717) is 6.10 Å². The summed E-state index contributed by atoms with van der Waals surface area (Å²) in [5.41, 5.74) is 0.141. The zero-order valence-corrected chi connectivity index (χ0v) is 13.8. The van der Waals surface area contributed by atoms with Crippen LogP contribution in [0.4, 0.5) is 0 Å². The first-order valence-electron chi connectivity index (χ1n) is 9.13. The van der Waals surface area contributed by atoms with Crippen LogP contribution in [0.2, 0.25) is 0 Å². The number of hydrogen-bond acceptors (Lipinski definition) is 2. The second-order valence-electron chi connectivity index (χ2n) is 7.29. The Morgan fingerprint density at radius 2 is 1.80 bits per heavy atom. The summed E-state index contributed by atoms with van der Waals surface area (Å²) in [6, 6.07) is 0. The molecule has 2 aliphatic carbocycles. The normalized spacial score (nSPS) is 33.0. The highest BCUT2D eigenvalue weighted by atomic mass is 16.5. The second-order valence-corrected chi connectivity index (χ2v) is 7.29. The van der Waals surface area contributed by atoms with Crippen molar-refractivity contribution in [2.24, 2.45) is 5.92 Å². The van der Waals surface area contributed by atoms with Crippen molar-refractivity contribution >= 4 is 0 Å². The Kier molecular flexibility index (Phi) is 6.83. The molecule has 0 aromatic rings. The first-order valence-corrected chi connectivity index (χ1v) is 9.13. The van der Waals surface area contributed by atoms with Crippen LogP contribution in [0.3, 0.4) is 0 Å². The molecule has 0 heterocycles. The summed E-state index contributed by atoms with van der Waals surface area (Å²) in [6.07, 6.45) is 15.2. The van der Waals surface area contributed by atoms with Gasteiger partial charge in [-0.3, -0.25) is 0 Å². The lowest BCUT2D eigenvalue weighted by molar-refractivity contribution is -0.124. The Balaban J connectivity index is 1.93. The lowest BCUT2D eigenvalue weighted by Crippen LogP contribution is -2.48. The van der Waals surface area contributed by atoms with Crippen LogP contribution in [-0.2, 0) is 4.74 Å². The minimum Gasteiger partial charge on any atom is -0.370 e. The van der Waals surface area contributed by atoms with Gasteiger partial charge in [-0.25, -0.2) is 0 Å². The maximum absolute atomic E-state index is 6.75. The zero-order chi connectivity index (χ0) is 14.3. The van der Waals surface area contributed by atoms with Crippen LogP contribution in [0.1, 0.15) is 84.5 Å². The zero-order valence-electron chi connectivity index (χ0n) is 13.8. The SMILES string of the molecule is CCCNCC1(OC2CCCCCC2)CCCC(C)C1. The fourth-order valence-corrected chi connectivity index (χ4v) is 4.13. The monoisotopic (exact) mass is 281 g/mol. The van der Waals surface area contributed by atoms with Crippen LogP contribution in [0.5, 0.6) is 0 Å². The minimum atomic E-state index is 0.141. The predicted octanol–water partition coefficient (Wildman–Crippen LogP) is 4.67. The van der Waals surface area contributed by atoms with Crippen molar-refractivity contribution in [3.63, 3.8) is 0 Å². The average molecular weight is 281 g/mol. The summed E-state index contributed by atoms with van der Waals surface area (Å²) in [5, 5.41) is 3.65. The highest BCUT2D eigenvalue weighted by Gasteiger charge is 2.37. The molecule has 0 aromatic heterocycles. The molecule has 2 heteroatoms. The molecule has 1 N–H and O–H groups in total. The molecule has 0 bridgehead atoms. The Morgan fingerprint density at radius 1 is 1.05 bits per heavy atom. The number of hydrogen-bond donors (Lipinski definition) is 1. The molecule has 0 aromatic carbocycles. The average Bonchev–Trinajstić information content (AvgIpc) is 2.67. The lowest BCUT2D eigenvalue weighted by atomic mass is 9.78. The molecule has 20 heavy (non-hydrogen) atoms. The van der Waals surface area contributed by atoms with Crippen LogP contribution >= 0.6 is 0 Å².